The molecule has 5 nitrogen and oxygen atoms in total. The second-order valence-electron chi connectivity index (χ2n) is 4.51. The number of nitrogens with one attached hydrogen (secondary N) is 1. The third kappa shape index (κ3) is 2.93. The molecular weight excluding hydrogens is 272 g/mol. The number of halogens is 2. The van der Waals surface area contributed by atoms with E-state index in [-0.39, 0.29) is 11.3 Å². The molecule has 1 aliphatic heterocycles. The van der Waals surface area contributed by atoms with Crippen LogP contribution in [0.25, 0.3) is 0 Å². The summed E-state index contributed by atoms with van der Waals surface area (Å²) in [5, 5.41) is 2.50. The zero-order valence-electron chi connectivity index (χ0n) is 10.7. The standard InChI is InChI=1S/C13H11F2NO4/c1-13(2)19-11(17)8(12(18)20-13)6-16-7-3-4-9(14)10(15)5-7/h3-6,16H,1-2H3. The van der Waals surface area contributed by atoms with E-state index in [1.807, 2.05) is 0 Å². The maximum Gasteiger partial charge on any atom is 0.350 e. The van der Waals surface area contributed by atoms with Gasteiger partial charge in [-0.05, 0) is 12.1 Å². The third-order valence-corrected chi connectivity index (χ3v) is 2.42. The zero-order chi connectivity index (χ0) is 14.9. The molecule has 0 atom stereocenters. The van der Waals surface area contributed by atoms with Crippen LogP contribution in [0.2, 0.25) is 0 Å². The van der Waals surface area contributed by atoms with Gasteiger partial charge >= 0.3 is 11.9 Å². The lowest BCUT2D eigenvalue weighted by Gasteiger charge is -2.29. The average molecular weight is 283 g/mol. The van der Waals surface area contributed by atoms with E-state index in [1.54, 1.807) is 0 Å². The van der Waals surface area contributed by atoms with Crippen LogP contribution < -0.4 is 5.32 Å². The molecule has 1 fully saturated rings. The summed E-state index contributed by atoms with van der Waals surface area (Å²) in [5.74, 6) is -5.10. The fraction of sp³-hybridized carbons (Fsp3) is 0.231. The van der Waals surface area contributed by atoms with Crippen LogP contribution in [0.15, 0.2) is 30.0 Å². The average Bonchev–Trinajstić information content (AvgIpc) is 2.31. The van der Waals surface area contributed by atoms with E-state index < -0.39 is 29.4 Å². The summed E-state index contributed by atoms with van der Waals surface area (Å²) in [6, 6.07) is 3.05. The minimum atomic E-state index is -1.33. The van der Waals surface area contributed by atoms with Gasteiger partial charge in [0.1, 0.15) is 0 Å². The first kappa shape index (κ1) is 14.0. The van der Waals surface area contributed by atoms with Crippen LogP contribution in [-0.4, -0.2) is 17.7 Å². The summed E-state index contributed by atoms with van der Waals surface area (Å²) in [5.41, 5.74) is -0.198. The minimum absolute atomic E-state index is 0.168. The van der Waals surface area contributed by atoms with Crippen molar-refractivity contribution in [3.8, 4) is 0 Å². The predicted octanol–water partition coefficient (Wildman–Crippen LogP) is 2.10. The topological polar surface area (TPSA) is 64.6 Å². The lowest BCUT2D eigenvalue weighted by Crippen LogP contribution is -2.42. The van der Waals surface area contributed by atoms with E-state index in [0.717, 1.165) is 18.3 Å². The molecule has 2 rings (SSSR count). The van der Waals surface area contributed by atoms with Gasteiger partial charge in [0.05, 0.1) is 0 Å². The van der Waals surface area contributed by atoms with Gasteiger partial charge in [-0.25, -0.2) is 18.4 Å². The molecule has 0 amide bonds. The van der Waals surface area contributed by atoms with E-state index in [9.17, 15) is 18.4 Å². The fourth-order valence-corrected chi connectivity index (χ4v) is 1.52. The number of hydrogen-bond acceptors (Lipinski definition) is 5. The Labute approximate surface area is 113 Å². The Morgan fingerprint density at radius 2 is 1.70 bits per heavy atom. The highest BCUT2D eigenvalue weighted by atomic mass is 19.2. The SMILES string of the molecule is CC1(C)OC(=O)C(=CNc2ccc(F)c(F)c2)C(=O)O1. The number of rotatable bonds is 2. The van der Waals surface area contributed by atoms with E-state index in [2.05, 4.69) is 5.32 Å². The highest BCUT2D eigenvalue weighted by Gasteiger charge is 2.38. The van der Waals surface area contributed by atoms with Crippen molar-refractivity contribution < 1.29 is 27.8 Å². The molecule has 1 aliphatic rings. The van der Waals surface area contributed by atoms with Gasteiger partial charge in [-0.1, -0.05) is 0 Å². The maximum absolute atomic E-state index is 13.0. The Hall–Kier alpha value is -2.44. The third-order valence-electron chi connectivity index (χ3n) is 2.42. The van der Waals surface area contributed by atoms with E-state index >= 15 is 0 Å². The first-order chi connectivity index (χ1) is 9.28. The Bertz CT molecular complexity index is 588. The second-order valence-corrected chi connectivity index (χ2v) is 4.51. The molecule has 0 radical (unpaired) electrons. The Kier molecular flexibility index (Phi) is 3.44. The van der Waals surface area contributed by atoms with Gasteiger partial charge in [-0.15, -0.1) is 0 Å². The fourth-order valence-electron chi connectivity index (χ4n) is 1.52. The lowest BCUT2D eigenvalue weighted by atomic mass is 10.2. The largest absolute Gasteiger partial charge is 0.419 e. The first-order valence-corrected chi connectivity index (χ1v) is 5.67. The number of cyclic esters (lactones) is 2. The van der Waals surface area contributed by atoms with Crippen LogP contribution in [0.3, 0.4) is 0 Å². The van der Waals surface area contributed by atoms with Crippen LogP contribution in [0.1, 0.15) is 13.8 Å². The Morgan fingerprint density at radius 3 is 2.25 bits per heavy atom. The summed E-state index contributed by atoms with van der Waals surface area (Å²) >= 11 is 0. The summed E-state index contributed by atoms with van der Waals surface area (Å²) in [4.78, 5) is 23.2. The lowest BCUT2D eigenvalue weighted by molar-refractivity contribution is -0.222. The van der Waals surface area contributed by atoms with Gasteiger partial charge in [-0.3, -0.25) is 0 Å². The molecule has 0 saturated carbocycles. The second kappa shape index (κ2) is 4.92. The van der Waals surface area contributed by atoms with Gasteiger partial charge in [0.15, 0.2) is 17.2 Å². The van der Waals surface area contributed by atoms with Crippen molar-refractivity contribution in [2.24, 2.45) is 0 Å². The van der Waals surface area contributed by atoms with E-state index in [1.165, 1.54) is 19.9 Å². The molecule has 0 bridgehead atoms. The molecule has 1 aromatic carbocycles. The summed E-state index contributed by atoms with van der Waals surface area (Å²) < 4.78 is 35.4. The molecule has 1 saturated heterocycles. The van der Waals surface area contributed by atoms with Crippen molar-refractivity contribution in [3.63, 3.8) is 0 Å². The number of anilines is 1. The smallest absolute Gasteiger partial charge is 0.350 e. The highest BCUT2D eigenvalue weighted by Crippen LogP contribution is 2.22. The van der Waals surface area contributed by atoms with Crippen molar-refractivity contribution in [2.75, 3.05) is 5.32 Å². The maximum atomic E-state index is 13.0. The Morgan fingerprint density at radius 1 is 1.10 bits per heavy atom. The van der Waals surface area contributed by atoms with E-state index in [0.29, 0.717) is 0 Å². The molecule has 0 aromatic heterocycles. The molecule has 0 spiro atoms. The molecule has 7 heteroatoms. The van der Waals surface area contributed by atoms with Crippen LogP contribution in [0.4, 0.5) is 14.5 Å². The number of ether oxygens (including phenoxy) is 2. The molecule has 20 heavy (non-hydrogen) atoms. The predicted molar refractivity (Wildman–Crippen MR) is 64.3 cm³/mol. The molecule has 0 unspecified atom stereocenters. The van der Waals surface area contributed by atoms with Gasteiger partial charge in [0, 0.05) is 31.8 Å². The minimum Gasteiger partial charge on any atom is -0.419 e. The molecule has 1 aromatic rings. The van der Waals surface area contributed by atoms with Gasteiger partial charge < -0.3 is 14.8 Å². The Balaban J connectivity index is 2.17. The van der Waals surface area contributed by atoms with E-state index in [4.69, 9.17) is 9.47 Å². The first-order valence-electron chi connectivity index (χ1n) is 5.67. The van der Waals surface area contributed by atoms with Gasteiger partial charge in [0.25, 0.3) is 5.79 Å². The van der Waals surface area contributed by atoms with Crippen molar-refractivity contribution >= 4 is 17.6 Å². The summed E-state index contributed by atoms with van der Waals surface area (Å²) in [7, 11) is 0. The zero-order valence-corrected chi connectivity index (χ0v) is 10.7. The number of carbonyl (C=O) groups is 2. The highest BCUT2D eigenvalue weighted by molar-refractivity contribution is 6.15. The molecule has 1 N–H and O–H groups in total. The normalized spacial score (nSPS) is 17.3. The number of carbonyl (C=O) groups excluding carboxylic acids is 2. The molecular formula is C13H11F2NO4. The molecule has 106 valence electrons. The molecule has 0 aliphatic carbocycles. The van der Waals surface area contributed by atoms with Crippen LogP contribution in [0.5, 0.6) is 0 Å². The van der Waals surface area contributed by atoms with Crippen molar-refractivity contribution in [2.45, 2.75) is 19.6 Å². The quantitative estimate of drug-likeness (QED) is 0.511. The summed E-state index contributed by atoms with van der Waals surface area (Å²) in [6.45, 7) is 2.84. The number of hydrogen-bond donors (Lipinski definition) is 1. The number of esters is 2. The van der Waals surface area contributed by atoms with Crippen molar-refractivity contribution in [1.29, 1.82) is 0 Å². The van der Waals surface area contributed by atoms with Gasteiger partial charge in [0.2, 0.25) is 0 Å². The van der Waals surface area contributed by atoms with Crippen LogP contribution in [-0.2, 0) is 19.1 Å². The summed E-state index contributed by atoms with van der Waals surface area (Å²) in [6.07, 6.45) is 1.02. The van der Waals surface area contributed by atoms with Gasteiger partial charge in [-0.2, -0.15) is 0 Å². The monoisotopic (exact) mass is 283 g/mol. The van der Waals surface area contributed by atoms with Crippen molar-refractivity contribution in [3.05, 3.63) is 41.6 Å². The van der Waals surface area contributed by atoms with Crippen molar-refractivity contribution in [1.82, 2.24) is 0 Å². The number of benzene rings is 1. The van der Waals surface area contributed by atoms with Crippen LogP contribution in [0, 0.1) is 11.6 Å². The van der Waals surface area contributed by atoms with Crippen LogP contribution >= 0.6 is 0 Å². The molecule has 1 heterocycles.